The van der Waals surface area contributed by atoms with Crippen LogP contribution in [0.4, 0.5) is 0 Å². The van der Waals surface area contributed by atoms with Crippen molar-refractivity contribution in [2.45, 2.75) is 87.5 Å². The number of carbonyl (C=O) groups is 2. The first-order valence-corrected chi connectivity index (χ1v) is 15.3. The summed E-state index contributed by atoms with van der Waals surface area (Å²) in [5.74, 6) is 1.86. The molecular formula is C25H40N4O5S. The molecule has 2 N–H and O–H groups in total. The number of fused-ring (bicyclic) bond motifs is 1. The number of sulfonamides is 1. The molecule has 0 aromatic rings. The van der Waals surface area contributed by atoms with E-state index in [4.69, 9.17) is 0 Å². The molecule has 3 unspecified atom stereocenters. The number of nitrogens with zero attached hydrogens (tertiary/aromatic N) is 3. The fraction of sp³-hybridized carbons (Fsp3) is 0.920. The number of amides is 2. The minimum absolute atomic E-state index is 0.0878. The van der Waals surface area contributed by atoms with Crippen LogP contribution in [0.5, 0.6) is 0 Å². The third kappa shape index (κ3) is 4.53. The molecule has 0 radical (unpaired) electrons. The normalized spacial score (nSPS) is 37.7. The lowest BCUT2D eigenvalue weighted by atomic mass is 9.67. The van der Waals surface area contributed by atoms with Gasteiger partial charge in [0.15, 0.2) is 0 Å². The second kappa shape index (κ2) is 8.96. The Morgan fingerprint density at radius 2 is 1.43 bits per heavy atom. The molecule has 4 saturated carbocycles. The highest BCUT2D eigenvalue weighted by Gasteiger charge is 2.51. The lowest BCUT2D eigenvalue weighted by Gasteiger charge is -2.41. The van der Waals surface area contributed by atoms with Crippen molar-refractivity contribution in [2.75, 3.05) is 32.7 Å². The van der Waals surface area contributed by atoms with E-state index < -0.39 is 15.6 Å². The Kier molecular flexibility index (Phi) is 6.17. The van der Waals surface area contributed by atoms with E-state index in [2.05, 4.69) is 5.43 Å². The van der Waals surface area contributed by atoms with Crippen LogP contribution < -0.4 is 5.43 Å². The van der Waals surface area contributed by atoms with E-state index in [9.17, 15) is 23.1 Å². The number of hydrogen-bond acceptors (Lipinski definition) is 6. The maximum atomic E-state index is 13.2. The number of hydrazine groups is 1. The quantitative estimate of drug-likeness (QED) is 0.575. The highest BCUT2D eigenvalue weighted by Crippen LogP contribution is 2.45. The lowest BCUT2D eigenvalue weighted by molar-refractivity contribution is -0.148. The topological polar surface area (TPSA) is 110 Å². The fourth-order valence-corrected chi connectivity index (χ4v) is 9.18. The van der Waals surface area contributed by atoms with Crippen LogP contribution in [0.25, 0.3) is 0 Å². The van der Waals surface area contributed by atoms with Gasteiger partial charge in [-0.15, -0.1) is 4.41 Å². The number of carbonyl (C=O) groups excluding carboxylic acids is 2. The SMILES string of the molecule is O=C(C1CCC(C2CCC3C(CNN3S(=O)(=O)C3CC3)C2)CC1)N1CCN(C(=O)C2(O)CC2)CC1. The van der Waals surface area contributed by atoms with E-state index in [-0.39, 0.29) is 29.0 Å². The first-order valence-electron chi connectivity index (χ1n) is 13.8. The molecule has 0 aromatic heterocycles. The summed E-state index contributed by atoms with van der Waals surface area (Å²) >= 11 is 0. The maximum Gasteiger partial charge on any atom is 0.254 e. The molecule has 3 atom stereocenters. The van der Waals surface area contributed by atoms with Gasteiger partial charge in [0.05, 0.1) is 5.25 Å². The molecular weight excluding hydrogens is 468 g/mol. The average Bonchev–Trinajstić information content (AvgIpc) is 3.81. The van der Waals surface area contributed by atoms with Gasteiger partial charge in [-0.25, -0.2) is 13.8 Å². The Balaban J connectivity index is 0.963. The zero-order valence-electron chi connectivity index (χ0n) is 20.6. The Hall–Kier alpha value is -1.23. The van der Waals surface area contributed by atoms with Gasteiger partial charge in [-0.2, -0.15) is 0 Å². The van der Waals surface area contributed by atoms with Crippen molar-refractivity contribution >= 4 is 21.8 Å². The monoisotopic (exact) mass is 508 g/mol. The highest BCUT2D eigenvalue weighted by molar-refractivity contribution is 7.90. The van der Waals surface area contributed by atoms with Gasteiger partial charge in [0.1, 0.15) is 5.60 Å². The van der Waals surface area contributed by atoms with Gasteiger partial charge in [0.2, 0.25) is 15.9 Å². The van der Waals surface area contributed by atoms with Gasteiger partial charge in [-0.1, -0.05) is 0 Å². The van der Waals surface area contributed by atoms with Crippen LogP contribution in [-0.2, 0) is 19.6 Å². The van der Waals surface area contributed by atoms with E-state index >= 15 is 0 Å². The molecule has 6 fully saturated rings. The van der Waals surface area contributed by atoms with Crippen molar-refractivity contribution < 1.29 is 23.1 Å². The van der Waals surface area contributed by atoms with Crippen LogP contribution in [-0.4, -0.2) is 89.2 Å². The first kappa shape index (κ1) is 24.1. The van der Waals surface area contributed by atoms with Crippen molar-refractivity contribution in [3.63, 3.8) is 0 Å². The minimum Gasteiger partial charge on any atom is -0.380 e. The molecule has 196 valence electrons. The summed E-state index contributed by atoms with van der Waals surface area (Å²) in [4.78, 5) is 29.2. The van der Waals surface area contributed by atoms with E-state index in [0.29, 0.717) is 56.8 Å². The van der Waals surface area contributed by atoms with Gasteiger partial charge >= 0.3 is 0 Å². The summed E-state index contributed by atoms with van der Waals surface area (Å²) in [7, 11) is -3.17. The van der Waals surface area contributed by atoms with Gasteiger partial charge in [0, 0.05) is 44.7 Å². The molecule has 0 aromatic carbocycles. The molecule has 0 bridgehead atoms. The number of rotatable bonds is 5. The third-order valence-electron chi connectivity index (χ3n) is 9.80. The summed E-state index contributed by atoms with van der Waals surface area (Å²) < 4.78 is 27.1. The van der Waals surface area contributed by atoms with Gasteiger partial charge < -0.3 is 14.9 Å². The Labute approximate surface area is 208 Å². The summed E-state index contributed by atoms with van der Waals surface area (Å²) in [6.07, 6.45) is 9.91. The molecule has 4 aliphatic carbocycles. The van der Waals surface area contributed by atoms with Gasteiger partial charge in [-0.3, -0.25) is 9.59 Å². The zero-order valence-corrected chi connectivity index (χ0v) is 21.4. The molecule has 2 heterocycles. The Morgan fingerprint density at radius 3 is 2.06 bits per heavy atom. The molecule has 6 aliphatic rings. The van der Waals surface area contributed by atoms with E-state index in [0.717, 1.165) is 64.3 Å². The second-order valence-electron chi connectivity index (χ2n) is 12.1. The standard InChI is InChI=1S/C25H40N4O5S/c30-23(27-11-13-28(14-12-27)24(31)25(32)9-10-25)18-3-1-17(2-4-18)19-5-8-22-20(15-19)16-26-29(22)35(33,34)21-6-7-21/h17-22,26,32H,1-16H2. The number of aliphatic hydroxyl groups is 1. The van der Waals surface area contributed by atoms with Gasteiger partial charge in [-0.05, 0) is 88.4 Å². The zero-order chi connectivity index (χ0) is 24.4. The van der Waals surface area contributed by atoms with Crippen molar-refractivity contribution in [3.05, 3.63) is 0 Å². The van der Waals surface area contributed by atoms with Crippen molar-refractivity contribution in [2.24, 2.45) is 23.7 Å². The molecule has 10 heteroatoms. The fourth-order valence-electron chi connectivity index (χ4n) is 7.22. The van der Waals surface area contributed by atoms with E-state index in [1.807, 2.05) is 4.90 Å². The van der Waals surface area contributed by atoms with E-state index in [1.54, 1.807) is 9.31 Å². The van der Waals surface area contributed by atoms with Gasteiger partial charge in [0.25, 0.3) is 5.91 Å². The van der Waals surface area contributed by atoms with Crippen LogP contribution in [0.2, 0.25) is 0 Å². The summed E-state index contributed by atoms with van der Waals surface area (Å²) in [6.45, 7) is 2.95. The Morgan fingerprint density at radius 1 is 0.800 bits per heavy atom. The van der Waals surface area contributed by atoms with Crippen LogP contribution in [0, 0.1) is 23.7 Å². The average molecular weight is 509 g/mol. The first-order chi connectivity index (χ1) is 16.8. The molecule has 6 rings (SSSR count). The van der Waals surface area contributed by atoms with Crippen LogP contribution >= 0.6 is 0 Å². The van der Waals surface area contributed by atoms with E-state index in [1.165, 1.54) is 0 Å². The van der Waals surface area contributed by atoms with Crippen LogP contribution in [0.1, 0.15) is 70.6 Å². The largest absolute Gasteiger partial charge is 0.380 e. The van der Waals surface area contributed by atoms with Crippen molar-refractivity contribution in [1.82, 2.24) is 19.6 Å². The summed E-state index contributed by atoms with van der Waals surface area (Å²) in [5.41, 5.74) is 2.10. The molecule has 2 saturated heterocycles. The predicted octanol–water partition coefficient (Wildman–Crippen LogP) is 1.09. The van der Waals surface area contributed by atoms with Crippen molar-refractivity contribution in [1.29, 1.82) is 0 Å². The summed E-state index contributed by atoms with van der Waals surface area (Å²) in [6, 6.07) is 0.126. The maximum absolute atomic E-state index is 13.2. The molecule has 2 amide bonds. The number of piperazine rings is 1. The second-order valence-corrected chi connectivity index (χ2v) is 14.2. The number of nitrogens with one attached hydrogen (secondary N) is 1. The number of hydrogen-bond donors (Lipinski definition) is 2. The molecule has 9 nitrogen and oxygen atoms in total. The van der Waals surface area contributed by atoms with Crippen molar-refractivity contribution in [3.8, 4) is 0 Å². The van der Waals surface area contributed by atoms with Crippen LogP contribution in [0.3, 0.4) is 0 Å². The van der Waals surface area contributed by atoms with Crippen LogP contribution in [0.15, 0.2) is 0 Å². The molecule has 35 heavy (non-hydrogen) atoms. The lowest BCUT2D eigenvalue weighted by Crippen LogP contribution is -2.54. The Bertz CT molecular complexity index is 949. The minimum atomic E-state index is -3.17. The molecule has 0 spiro atoms. The molecule has 2 aliphatic heterocycles. The predicted molar refractivity (Wildman–Crippen MR) is 129 cm³/mol. The smallest absolute Gasteiger partial charge is 0.254 e. The third-order valence-corrected chi connectivity index (χ3v) is 12.1. The summed E-state index contributed by atoms with van der Waals surface area (Å²) in [5, 5.41) is 9.92. The highest BCUT2D eigenvalue weighted by atomic mass is 32.2.